The van der Waals surface area contributed by atoms with E-state index in [0.717, 1.165) is 0 Å². The smallest absolute Gasteiger partial charge is 0.287 e. The van der Waals surface area contributed by atoms with Crippen molar-refractivity contribution in [2.75, 3.05) is 6.54 Å². The number of hydrogen-bond donors (Lipinski definition) is 0. The van der Waals surface area contributed by atoms with E-state index in [2.05, 4.69) is 0 Å². The average molecular weight is 296 g/mol. The van der Waals surface area contributed by atoms with Crippen LogP contribution in [0.3, 0.4) is 0 Å². The zero-order valence-electron chi connectivity index (χ0n) is 11.2. The lowest BCUT2D eigenvalue weighted by Crippen LogP contribution is -2.37. The van der Waals surface area contributed by atoms with Crippen LogP contribution in [0, 0.1) is 21.4 Å². The van der Waals surface area contributed by atoms with Crippen LogP contribution in [0.2, 0.25) is 5.02 Å². The number of nitro benzene ring substituents is 1. The van der Waals surface area contributed by atoms with Crippen molar-refractivity contribution in [1.82, 2.24) is 4.90 Å². The standard InChI is InChI=1S/C13H14ClN3O3/c1-9(2)16(7-3-6-15)13(18)10-4-5-12(17(19)20)11(14)8-10/h4-5,8-9H,3,7H2,1-2H3. The molecule has 0 aromatic heterocycles. The van der Waals surface area contributed by atoms with Crippen LogP contribution in [0.15, 0.2) is 18.2 Å². The summed E-state index contributed by atoms with van der Waals surface area (Å²) in [4.78, 5) is 23.9. The molecule has 7 heteroatoms. The molecule has 0 N–H and O–H groups in total. The Balaban J connectivity index is 3.04. The third kappa shape index (κ3) is 3.68. The van der Waals surface area contributed by atoms with Gasteiger partial charge in [0.1, 0.15) is 5.02 Å². The summed E-state index contributed by atoms with van der Waals surface area (Å²) in [7, 11) is 0. The Bertz CT molecular complexity index is 566. The fourth-order valence-electron chi connectivity index (χ4n) is 1.72. The Morgan fingerprint density at radius 3 is 2.65 bits per heavy atom. The van der Waals surface area contributed by atoms with Crippen molar-refractivity contribution in [3.05, 3.63) is 38.9 Å². The predicted molar refractivity (Wildman–Crippen MR) is 74.5 cm³/mol. The van der Waals surface area contributed by atoms with Gasteiger partial charge in [-0.2, -0.15) is 5.26 Å². The molecule has 0 radical (unpaired) electrons. The van der Waals surface area contributed by atoms with Crippen LogP contribution in [-0.2, 0) is 0 Å². The molecule has 0 atom stereocenters. The number of carbonyl (C=O) groups excluding carboxylic acids is 1. The summed E-state index contributed by atoms with van der Waals surface area (Å²) in [5.74, 6) is -0.299. The Kier molecular flexibility index (Phi) is 5.47. The summed E-state index contributed by atoms with van der Waals surface area (Å²) >= 11 is 5.79. The SMILES string of the molecule is CC(C)N(CCC#N)C(=O)c1ccc([N+](=O)[O-])c(Cl)c1. The van der Waals surface area contributed by atoms with Crippen molar-refractivity contribution in [3.63, 3.8) is 0 Å². The highest BCUT2D eigenvalue weighted by molar-refractivity contribution is 6.33. The molecular formula is C13H14ClN3O3. The summed E-state index contributed by atoms with van der Waals surface area (Å²) in [6.45, 7) is 3.98. The topological polar surface area (TPSA) is 87.2 Å². The molecule has 6 nitrogen and oxygen atoms in total. The van der Waals surface area contributed by atoms with E-state index in [0.29, 0.717) is 6.54 Å². The van der Waals surface area contributed by atoms with Crippen LogP contribution in [0.25, 0.3) is 0 Å². The molecule has 0 fully saturated rings. The fraction of sp³-hybridized carbons (Fsp3) is 0.385. The van der Waals surface area contributed by atoms with E-state index >= 15 is 0 Å². The zero-order valence-corrected chi connectivity index (χ0v) is 11.9. The van der Waals surface area contributed by atoms with Crippen molar-refractivity contribution >= 4 is 23.2 Å². The summed E-state index contributed by atoms with van der Waals surface area (Å²) < 4.78 is 0. The first-order valence-corrected chi connectivity index (χ1v) is 6.38. The van der Waals surface area contributed by atoms with Crippen LogP contribution in [-0.4, -0.2) is 28.3 Å². The second-order valence-electron chi connectivity index (χ2n) is 4.42. The van der Waals surface area contributed by atoms with Crippen molar-refractivity contribution in [1.29, 1.82) is 5.26 Å². The quantitative estimate of drug-likeness (QED) is 0.617. The van der Waals surface area contributed by atoms with Crippen LogP contribution in [0.1, 0.15) is 30.6 Å². The van der Waals surface area contributed by atoms with Crippen molar-refractivity contribution in [2.24, 2.45) is 0 Å². The molecule has 0 aliphatic carbocycles. The molecule has 20 heavy (non-hydrogen) atoms. The van der Waals surface area contributed by atoms with Crippen molar-refractivity contribution < 1.29 is 9.72 Å². The Morgan fingerprint density at radius 1 is 1.55 bits per heavy atom. The van der Waals surface area contributed by atoms with Gasteiger partial charge in [0.05, 0.1) is 17.4 Å². The Hall–Kier alpha value is -2.13. The van der Waals surface area contributed by atoms with E-state index in [1.807, 2.05) is 19.9 Å². The van der Waals surface area contributed by atoms with Crippen LogP contribution >= 0.6 is 11.6 Å². The lowest BCUT2D eigenvalue weighted by atomic mass is 10.1. The molecule has 0 spiro atoms. The van der Waals surface area contributed by atoms with Gasteiger partial charge >= 0.3 is 0 Å². The van der Waals surface area contributed by atoms with Crippen LogP contribution < -0.4 is 0 Å². The molecule has 1 amide bonds. The van der Waals surface area contributed by atoms with Crippen LogP contribution in [0.4, 0.5) is 5.69 Å². The summed E-state index contributed by atoms with van der Waals surface area (Å²) in [5.41, 5.74) is 0.0311. The number of nitro groups is 1. The average Bonchev–Trinajstić information content (AvgIpc) is 2.37. The van der Waals surface area contributed by atoms with E-state index in [-0.39, 0.29) is 34.6 Å². The minimum atomic E-state index is -0.605. The lowest BCUT2D eigenvalue weighted by Gasteiger charge is -2.25. The van der Waals surface area contributed by atoms with E-state index in [9.17, 15) is 14.9 Å². The third-order valence-electron chi connectivity index (χ3n) is 2.74. The predicted octanol–water partition coefficient (Wildman–Crippen LogP) is 3.01. The Labute approximate surface area is 121 Å². The van der Waals surface area contributed by atoms with Crippen molar-refractivity contribution in [2.45, 2.75) is 26.3 Å². The van der Waals surface area contributed by atoms with Gasteiger partial charge in [0.15, 0.2) is 0 Å². The van der Waals surface area contributed by atoms with E-state index in [1.165, 1.54) is 23.1 Å². The van der Waals surface area contributed by atoms with E-state index < -0.39 is 4.92 Å². The van der Waals surface area contributed by atoms with Gasteiger partial charge in [0, 0.05) is 24.2 Å². The van der Waals surface area contributed by atoms with E-state index in [1.54, 1.807) is 0 Å². The van der Waals surface area contributed by atoms with Gasteiger partial charge in [-0.25, -0.2) is 0 Å². The minimum Gasteiger partial charge on any atom is -0.335 e. The molecule has 0 saturated heterocycles. The molecule has 1 aromatic rings. The molecule has 0 unspecified atom stereocenters. The first-order chi connectivity index (χ1) is 9.38. The molecule has 1 aromatic carbocycles. The van der Waals surface area contributed by atoms with Gasteiger partial charge in [0.2, 0.25) is 0 Å². The number of nitrogens with zero attached hydrogens (tertiary/aromatic N) is 3. The Morgan fingerprint density at radius 2 is 2.20 bits per heavy atom. The molecular weight excluding hydrogens is 282 g/mol. The largest absolute Gasteiger partial charge is 0.335 e. The number of halogens is 1. The lowest BCUT2D eigenvalue weighted by molar-refractivity contribution is -0.384. The molecule has 0 saturated carbocycles. The monoisotopic (exact) mass is 295 g/mol. The molecule has 0 bridgehead atoms. The maximum Gasteiger partial charge on any atom is 0.287 e. The zero-order chi connectivity index (χ0) is 15.3. The molecule has 0 heterocycles. The summed E-state index contributed by atoms with van der Waals surface area (Å²) in [6, 6.07) is 5.76. The van der Waals surface area contributed by atoms with Gasteiger partial charge in [0.25, 0.3) is 11.6 Å². The number of carbonyl (C=O) groups is 1. The minimum absolute atomic E-state index is 0.0789. The maximum absolute atomic E-state index is 12.3. The summed E-state index contributed by atoms with van der Waals surface area (Å²) in [5, 5.41) is 19.2. The number of benzene rings is 1. The second-order valence-corrected chi connectivity index (χ2v) is 4.83. The van der Waals surface area contributed by atoms with Gasteiger partial charge < -0.3 is 4.90 Å². The van der Waals surface area contributed by atoms with Crippen molar-refractivity contribution in [3.8, 4) is 6.07 Å². The van der Waals surface area contributed by atoms with Crippen LogP contribution in [0.5, 0.6) is 0 Å². The molecule has 106 valence electrons. The van der Waals surface area contributed by atoms with Gasteiger partial charge in [-0.05, 0) is 26.0 Å². The highest BCUT2D eigenvalue weighted by atomic mass is 35.5. The molecule has 1 rings (SSSR count). The van der Waals surface area contributed by atoms with Gasteiger partial charge in [-0.3, -0.25) is 14.9 Å². The third-order valence-corrected chi connectivity index (χ3v) is 3.04. The highest BCUT2D eigenvalue weighted by Crippen LogP contribution is 2.25. The number of hydrogen-bond acceptors (Lipinski definition) is 4. The molecule has 0 aliphatic heterocycles. The maximum atomic E-state index is 12.3. The van der Waals surface area contributed by atoms with Gasteiger partial charge in [-0.15, -0.1) is 0 Å². The number of rotatable bonds is 5. The first-order valence-electron chi connectivity index (χ1n) is 6.00. The normalized spacial score (nSPS) is 10.2. The first kappa shape index (κ1) is 15.9. The number of nitriles is 1. The molecule has 0 aliphatic rings. The van der Waals surface area contributed by atoms with E-state index in [4.69, 9.17) is 16.9 Å². The summed E-state index contributed by atoms with van der Waals surface area (Å²) in [6.07, 6.45) is 0.227. The highest BCUT2D eigenvalue weighted by Gasteiger charge is 2.21. The fourth-order valence-corrected chi connectivity index (χ4v) is 1.97. The van der Waals surface area contributed by atoms with Gasteiger partial charge in [-0.1, -0.05) is 11.6 Å². The number of amides is 1. The second kappa shape index (κ2) is 6.87.